The third kappa shape index (κ3) is 43.2. The Hall–Kier alpha value is -2.36. The topological polar surface area (TPSA) is 132 Å². The summed E-state index contributed by atoms with van der Waals surface area (Å²) in [5.74, 6) is -0.410. The average Bonchev–Trinajstić information content (AvgIpc) is 3.21. The highest BCUT2D eigenvalue weighted by atomic mass is 31.2. The number of carbonyl (C=O) groups excluding carboxylic acids is 1. The molecule has 0 radical (unpaired) electrons. The summed E-state index contributed by atoms with van der Waals surface area (Å²) >= 11 is 0. The molecule has 0 aliphatic carbocycles. The Kier molecular flexibility index (Phi) is 42.4. The fraction of sp³-hybridized carbons (Fsp3) is 0.688. The van der Waals surface area contributed by atoms with Gasteiger partial charge in [-0.3, -0.25) is 13.8 Å². The van der Waals surface area contributed by atoms with Crippen LogP contribution in [0.15, 0.2) is 85.1 Å². The van der Waals surface area contributed by atoms with E-state index in [1.54, 1.807) is 0 Å². The number of phosphoric ester groups is 1. The van der Waals surface area contributed by atoms with E-state index in [0.29, 0.717) is 13.0 Å². The second-order valence-electron chi connectivity index (χ2n) is 14.7. The molecule has 0 bridgehead atoms. The van der Waals surface area contributed by atoms with Crippen molar-refractivity contribution in [1.82, 2.24) is 0 Å². The summed E-state index contributed by atoms with van der Waals surface area (Å²) in [5.41, 5.74) is 0. The van der Waals surface area contributed by atoms with Crippen LogP contribution in [-0.4, -0.2) is 66.3 Å². The number of ether oxygens (including phenoxy) is 2. The predicted molar refractivity (Wildman–Crippen MR) is 242 cm³/mol. The highest BCUT2D eigenvalue weighted by molar-refractivity contribution is 7.47. The molecule has 0 fully saturated rings. The van der Waals surface area contributed by atoms with E-state index in [0.717, 1.165) is 77.0 Å². The standard InChI is InChI=1S/C48H83O9P/c1-3-5-7-9-11-13-15-17-19-21-22-23-25-27-29-31-33-35-37-39-41-54-44-47(45-56-58(52,53)55-43-46(50)42-49)57-48(51)40-38-36-34-32-30-28-26-24-20-18-16-14-12-10-8-6-4-2/h5,7,11,13,17-20,22-23,27,29,33,35,46-47,49-50H,3-4,6,8-10,12,14-16,21,24-26,28,30-32,34,36-45H2,1-2H3,(H,52,53)/b7-5-,13-11-,19-17-,20-18-,23-22-,29-27-,35-33-. The monoisotopic (exact) mass is 835 g/mol. The number of phosphoric acid groups is 1. The summed E-state index contributed by atoms with van der Waals surface area (Å²) in [6.45, 7) is 3.22. The van der Waals surface area contributed by atoms with Crippen LogP contribution in [-0.2, 0) is 27.9 Å². The first-order chi connectivity index (χ1) is 28.3. The molecule has 3 unspecified atom stereocenters. The van der Waals surface area contributed by atoms with Gasteiger partial charge in [0.25, 0.3) is 0 Å². The molecule has 0 rings (SSSR count). The van der Waals surface area contributed by atoms with Crippen LogP contribution in [0.2, 0.25) is 0 Å². The predicted octanol–water partition coefficient (Wildman–Crippen LogP) is 12.7. The minimum Gasteiger partial charge on any atom is -0.457 e. The van der Waals surface area contributed by atoms with Gasteiger partial charge in [-0.05, 0) is 83.5 Å². The molecule has 0 saturated carbocycles. The smallest absolute Gasteiger partial charge is 0.457 e. The van der Waals surface area contributed by atoms with Gasteiger partial charge in [0.1, 0.15) is 12.2 Å². The molecule has 58 heavy (non-hydrogen) atoms. The summed E-state index contributed by atoms with van der Waals surface area (Å²) < 4.78 is 33.3. The van der Waals surface area contributed by atoms with E-state index < -0.39 is 45.8 Å². The van der Waals surface area contributed by atoms with E-state index in [4.69, 9.17) is 23.6 Å². The third-order valence-corrected chi connectivity index (χ3v) is 10.0. The average molecular weight is 835 g/mol. The second kappa shape index (κ2) is 44.2. The molecule has 10 heteroatoms. The van der Waals surface area contributed by atoms with Crippen LogP contribution in [0.25, 0.3) is 0 Å². The maximum Gasteiger partial charge on any atom is 0.472 e. The lowest BCUT2D eigenvalue weighted by Gasteiger charge is -2.20. The molecule has 3 N–H and O–H groups in total. The van der Waals surface area contributed by atoms with Gasteiger partial charge in [-0.15, -0.1) is 0 Å². The lowest BCUT2D eigenvalue weighted by molar-refractivity contribution is -0.154. The fourth-order valence-electron chi connectivity index (χ4n) is 5.66. The van der Waals surface area contributed by atoms with Crippen molar-refractivity contribution >= 4 is 13.8 Å². The summed E-state index contributed by atoms with van der Waals surface area (Å²) in [6.07, 6.45) is 54.1. The molecule has 334 valence electrons. The van der Waals surface area contributed by atoms with Gasteiger partial charge in [-0.2, -0.15) is 0 Å². The Labute approximate surface area is 354 Å². The Morgan fingerprint density at radius 1 is 0.552 bits per heavy atom. The summed E-state index contributed by atoms with van der Waals surface area (Å²) in [6, 6.07) is 0. The van der Waals surface area contributed by atoms with Crippen LogP contribution in [0.3, 0.4) is 0 Å². The molecule has 0 aromatic heterocycles. The van der Waals surface area contributed by atoms with E-state index in [1.165, 1.54) is 64.2 Å². The second-order valence-corrected chi connectivity index (χ2v) is 16.1. The van der Waals surface area contributed by atoms with Gasteiger partial charge in [-0.25, -0.2) is 4.57 Å². The van der Waals surface area contributed by atoms with Crippen LogP contribution in [0.1, 0.15) is 168 Å². The molecule has 0 aliphatic rings. The number of allylic oxidation sites excluding steroid dienone is 14. The van der Waals surface area contributed by atoms with Crippen LogP contribution < -0.4 is 0 Å². The van der Waals surface area contributed by atoms with Crippen molar-refractivity contribution in [1.29, 1.82) is 0 Å². The number of rotatable bonds is 42. The van der Waals surface area contributed by atoms with Crippen LogP contribution in [0, 0.1) is 0 Å². The summed E-state index contributed by atoms with van der Waals surface area (Å²) in [4.78, 5) is 22.6. The quantitative estimate of drug-likeness (QED) is 0.0238. The van der Waals surface area contributed by atoms with E-state index in [9.17, 15) is 19.4 Å². The number of aliphatic hydroxyl groups excluding tert-OH is 2. The first-order valence-corrected chi connectivity index (χ1v) is 24.1. The van der Waals surface area contributed by atoms with Crippen LogP contribution in [0.4, 0.5) is 0 Å². The molecule has 0 amide bonds. The third-order valence-electron chi connectivity index (χ3n) is 9.06. The normalized spacial score (nSPS) is 14.8. The lowest BCUT2D eigenvalue weighted by atomic mass is 10.1. The van der Waals surface area contributed by atoms with Gasteiger partial charge in [-0.1, -0.05) is 163 Å². The maximum absolute atomic E-state index is 12.6. The van der Waals surface area contributed by atoms with Gasteiger partial charge >= 0.3 is 13.8 Å². The summed E-state index contributed by atoms with van der Waals surface area (Å²) in [7, 11) is -4.54. The molecule has 0 heterocycles. The zero-order valence-electron chi connectivity index (χ0n) is 36.5. The Morgan fingerprint density at radius 3 is 1.50 bits per heavy atom. The number of hydrogen-bond acceptors (Lipinski definition) is 8. The number of carbonyl (C=O) groups is 1. The van der Waals surface area contributed by atoms with Gasteiger partial charge in [0, 0.05) is 13.0 Å². The van der Waals surface area contributed by atoms with Crippen molar-refractivity contribution in [3.8, 4) is 0 Å². The van der Waals surface area contributed by atoms with Gasteiger partial charge in [0.15, 0.2) is 0 Å². The minimum absolute atomic E-state index is 0.00297. The van der Waals surface area contributed by atoms with Gasteiger partial charge in [0.05, 0.1) is 26.4 Å². The first kappa shape index (κ1) is 55.6. The molecular weight excluding hydrogens is 751 g/mol. The van der Waals surface area contributed by atoms with Gasteiger partial charge in [0.2, 0.25) is 0 Å². The largest absolute Gasteiger partial charge is 0.472 e. The van der Waals surface area contributed by atoms with Crippen molar-refractivity contribution in [3.63, 3.8) is 0 Å². The Bertz CT molecular complexity index is 1170. The van der Waals surface area contributed by atoms with Crippen molar-refractivity contribution in [2.24, 2.45) is 0 Å². The minimum atomic E-state index is -4.54. The Morgan fingerprint density at radius 2 is 0.983 bits per heavy atom. The molecule has 9 nitrogen and oxygen atoms in total. The molecule has 0 aliphatic heterocycles. The Balaban J connectivity index is 4.29. The van der Waals surface area contributed by atoms with Crippen LogP contribution >= 0.6 is 7.82 Å². The number of aliphatic hydroxyl groups is 2. The highest BCUT2D eigenvalue weighted by Gasteiger charge is 2.26. The highest BCUT2D eigenvalue weighted by Crippen LogP contribution is 2.43. The molecule has 3 atom stereocenters. The van der Waals surface area contributed by atoms with E-state index in [2.05, 4.69) is 98.9 Å². The zero-order valence-corrected chi connectivity index (χ0v) is 37.4. The van der Waals surface area contributed by atoms with Crippen molar-refractivity contribution in [2.75, 3.05) is 33.0 Å². The molecule has 0 saturated heterocycles. The number of unbranched alkanes of at least 4 members (excludes halogenated alkanes) is 14. The summed E-state index contributed by atoms with van der Waals surface area (Å²) in [5, 5.41) is 18.4. The fourth-order valence-corrected chi connectivity index (χ4v) is 6.45. The van der Waals surface area contributed by atoms with Crippen molar-refractivity contribution < 1.29 is 43.0 Å². The van der Waals surface area contributed by atoms with Crippen LogP contribution in [0.5, 0.6) is 0 Å². The first-order valence-electron chi connectivity index (χ1n) is 22.6. The lowest BCUT2D eigenvalue weighted by Crippen LogP contribution is -2.29. The molecular formula is C48H83O9P. The zero-order chi connectivity index (χ0) is 42.5. The maximum atomic E-state index is 12.6. The SMILES string of the molecule is CC/C=C\C/C=C\C/C=C\C/C=C\C/C=C\C/C=C\CCCOCC(COP(=O)(O)OCC(O)CO)OC(=O)CCCCCCCCC/C=C\CCCCCCCC. The number of esters is 1. The van der Waals surface area contributed by atoms with E-state index >= 15 is 0 Å². The molecule has 0 spiro atoms. The van der Waals surface area contributed by atoms with Crippen molar-refractivity contribution in [3.05, 3.63) is 85.1 Å². The van der Waals surface area contributed by atoms with Crippen molar-refractivity contribution in [2.45, 2.75) is 180 Å². The number of hydrogen-bond donors (Lipinski definition) is 3. The molecule has 0 aromatic rings. The van der Waals surface area contributed by atoms with E-state index in [-0.39, 0.29) is 13.0 Å². The van der Waals surface area contributed by atoms with E-state index in [1.807, 2.05) is 0 Å². The molecule has 0 aromatic carbocycles. The van der Waals surface area contributed by atoms with Gasteiger partial charge < -0.3 is 24.6 Å².